The van der Waals surface area contributed by atoms with E-state index in [1.54, 1.807) is 18.2 Å². The van der Waals surface area contributed by atoms with E-state index in [1.807, 2.05) is 12.1 Å². The maximum Gasteiger partial charge on any atom is 0.328 e. The number of carboxylic acids is 1. The molecule has 0 spiro atoms. The third-order valence-corrected chi connectivity index (χ3v) is 2.61. The molecule has 0 radical (unpaired) electrons. The molecular weight excluding hydrogens is 234 g/mol. The summed E-state index contributed by atoms with van der Waals surface area (Å²) in [7, 11) is 0. The maximum absolute atomic E-state index is 11.9. The number of carbonyl (C=O) groups excluding carboxylic acids is 1. The number of hydrogen-bond donors (Lipinski definition) is 2. The zero-order valence-electron chi connectivity index (χ0n) is 10.1. The van der Waals surface area contributed by atoms with Gasteiger partial charge < -0.3 is 14.8 Å². The van der Waals surface area contributed by atoms with Crippen LogP contribution in [0.2, 0.25) is 0 Å². The molecular formula is C13H13NO4. The molecule has 0 aliphatic carbocycles. The first kappa shape index (κ1) is 12.2. The molecule has 1 aromatic heterocycles. The van der Waals surface area contributed by atoms with Crippen molar-refractivity contribution in [2.45, 2.75) is 19.4 Å². The summed E-state index contributed by atoms with van der Waals surface area (Å²) in [6.45, 7) is 2.83. The normalized spacial score (nSPS) is 11.4. The van der Waals surface area contributed by atoms with Gasteiger partial charge in [-0.25, -0.2) is 4.79 Å². The summed E-state index contributed by atoms with van der Waals surface area (Å²) in [5.41, 5.74) is -0.744. The van der Waals surface area contributed by atoms with Gasteiger partial charge in [-0.3, -0.25) is 4.79 Å². The van der Waals surface area contributed by atoms with Crippen molar-refractivity contribution in [2.24, 2.45) is 0 Å². The van der Waals surface area contributed by atoms with Crippen molar-refractivity contribution < 1.29 is 19.1 Å². The van der Waals surface area contributed by atoms with E-state index < -0.39 is 17.4 Å². The van der Waals surface area contributed by atoms with E-state index in [9.17, 15) is 9.59 Å². The van der Waals surface area contributed by atoms with Gasteiger partial charge in [0.25, 0.3) is 5.91 Å². The Hall–Kier alpha value is -2.30. The number of furan rings is 1. The molecule has 1 heterocycles. The highest BCUT2D eigenvalue weighted by Gasteiger charge is 2.30. The SMILES string of the molecule is CC(C)(NC(=O)c1cc2ccccc2o1)C(=O)O. The van der Waals surface area contributed by atoms with E-state index in [0.717, 1.165) is 5.39 Å². The van der Waals surface area contributed by atoms with Gasteiger partial charge in [0.1, 0.15) is 11.1 Å². The monoisotopic (exact) mass is 247 g/mol. The summed E-state index contributed by atoms with van der Waals surface area (Å²) in [5, 5.41) is 12.1. The standard InChI is InChI=1S/C13H13NO4/c1-13(2,12(16)17)14-11(15)10-7-8-5-3-4-6-9(8)18-10/h3-7H,1-2H3,(H,14,15)(H,16,17). The Morgan fingerprint density at radius 2 is 1.94 bits per heavy atom. The van der Waals surface area contributed by atoms with Crippen molar-refractivity contribution in [3.63, 3.8) is 0 Å². The smallest absolute Gasteiger partial charge is 0.328 e. The predicted molar refractivity (Wildman–Crippen MR) is 65.4 cm³/mol. The lowest BCUT2D eigenvalue weighted by molar-refractivity contribution is -0.143. The zero-order chi connectivity index (χ0) is 13.3. The van der Waals surface area contributed by atoms with Gasteiger partial charge in [-0.2, -0.15) is 0 Å². The average molecular weight is 247 g/mol. The van der Waals surface area contributed by atoms with Crippen LogP contribution in [-0.4, -0.2) is 22.5 Å². The lowest BCUT2D eigenvalue weighted by Crippen LogP contribution is -2.49. The van der Waals surface area contributed by atoms with E-state index in [2.05, 4.69) is 5.32 Å². The number of para-hydroxylation sites is 1. The minimum atomic E-state index is -1.34. The number of nitrogens with one attached hydrogen (secondary N) is 1. The third-order valence-electron chi connectivity index (χ3n) is 2.61. The zero-order valence-corrected chi connectivity index (χ0v) is 10.1. The highest BCUT2D eigenvalue weighted by molar-refractivity contribution is 5.98. The number of rotatable bonds is 3. The highest BCUT2D eigenvalue weighted by Crippen LogP contribution is 2.19. The molecule has 2 N–H and O–H groups in total. The minimum absolute atomic E-state index is 0.102. The van der Waals surface area contributed by atoms with Gasteiger partial charge in [0.05, 0.1) is 0 Å². The molecule has 5 nitrogen and oxygen atoms in total. The molecule has 0 unspecified atom stereocenters. The van der Waals surface area contributed by atoms with Crippen LogP contribution in [0.4, 0.5) is 0 Å². The van der Waals surface area contributed by atoms with Gasteiger partial charge in [0, 0.05) is 5.39 Å². The number of carbonyl (C=O) groups is 2. The molecule has 2 aromatic rings. The Morgan fingerprint density at radius 3 is 2.56 bits per heavy atom. The first-order valence-corrected chi connectivity index (χ1v) is 5.44. The van der Waals surface area contributed by atoms with Gasteiger partial charge in [-0.05, 0) is 26.0 Å². The Bertz CT molecular complexity index is 579. The van der Waals surface area contributed by atoms with E-state index in [-0.39, 0.29) is 5.76 Å². The van der Waals surface area contributed by atoms with Crippen LogP contribution in [0.3, 0.4) is 0 Å². The van der Waals surface area contributed by atoms with Crippen LogP contribution < -0.4 is 5.32 Å². The molecule has 18 heavy (non-hydrogen) atoms. The number of fused-ring (bicyclic) bond motifs is 1. The van der Waals surface area contributed by atoms with Crippen LogP contribution in [0.1, 0.15) is 24.4 Å². The lowest BCUT2D eigenvalue weighted by atomic mass is 10.1. The molecule has 0 bridgehead atoms. The van der Waals surface area contributed by atoms with Crippen molar-refractivity contribution in [2.75, 3.05) is 0 Å². The summed E-state index contributed by atoms with van der Waals surface area (Å²) >= 11 is 0. The topological polar surface area (TPSA) is 79.5 Å². The van der Waals surface area contributed by atoms with Crippen molar-refractivity contribution >= 4 is 22.8 Å². The summed E-state index contributed by atoms with van der Waals surface area (Å²) in [5.74, 6) is -1.55. The molecule has 0 atom stereocenters. The summed E-state index contributed by atoms with van der Waals surface area (Å²) in [4.78, 5) is 22.8. The van der Waals surface area contributed by atoms with Crippen molar-refractivity contribution in [1.29, 1.82) is 0 Å². The van der Waals surface area contributed by atoms with Crippen LogP contribution in [0, 0.1) is 0 Å². The first-order chi connectivity index (χ1) is 8.40. The number of hydrogen-bond acceptors (Lipinski definition) is 3. The predicted octanol–water partition coefficient (Wildman–Crippen LogP) is 2.03. The largest absolute Gasteiger partial charge is 0.480 e. The average Bonchev–Trinajstić information content (AvgIpc) is 2.71. The molecule has 1 amide bonds. The van der Waals surface area contributed by atoms with Gasteiger partial charge in [-0.15, -0.1) is 0 Å². The van der Waals surface area contributed by atoms with Crippen LogP contribution in [0.25, 0.3) is 11.0 Å². The second-order valence-electron chi connectivity index (χ2n) is 4.53. The fourth-order valence-electron chi connectivity index (χ4n) is 1.49. The number of amides is 1. The van der Waals surface area contributed by atoms with E-state index in [4.69, 9.17) is 9.52 Å². The van der Waals surface area contributed by atoms with Crippen LogP contribution in [0.5, 0.6) is 0 Å². The Labute approximate surface area is 103 Å². The minimum Gasteiger partial charge on any atom is -0.480 e. The molecule has 0 saturated heterocycles. The fourth-order valence-corrected chi connectivity index (χ4v) is 1.49. The van der Waals surface area contributed by atoms with E-state index in [0.29, 0.717) is 5.58 Å². The third kappa shape index (κ3) is 2.20. The van der Waals surface area contributed by atoms with Gasteiger partial charge in [-0.1, -0.05) is 18.2 Å². The van der Waals surface area contributed by atoms with Crippen molar-refractivity contribution in [1.82, 2.24) is 5.32 Å². The van der Waals surface area contributed by atoms with Gasteiger partial charge >= 0.3 is 5.97 Å². The Morgan fingerprint density at radius 1 is 1.28 bits per heavy atom. The van der Waals surface area contributed by atoms with Crippen LogP contribution in [-0.2, 0) is 4.79 Å². The molecule has 94 valence electrons. The number of aliphatic carboxylic acids is 1. The second-order valence-corrected chi connectivity index (χ2v) is 4.53. The van der Waals surface area contributed by atoms with Crippen molar-refractivity contribution in [3.05, 3.63) is 36.1 Å². The summed E-state index contributed by atoms with van der Waals surface area (Å²) in [6, 6.07) is 8.78. The molecule has 2 rings (SSSR count). The number of benzene rings is 1. The van der Waals surface area contributed by atoms with Crippen LogP contribution in [0.15, 0.2) is 34.7 Å². The van der Waals surface area contributed by atoms with Crippen LogP contribution >= 0.6 is 0 Å². The van der Waals surface area contributed by atoms with Crippen molar-refractivity contribution in [3.8, 4) is 0 Å². The van der Waals surface area contributed by atoms with E-state index >= 15 is 0 Å². The highest BCUT2D eigenvalue weighted by atomic mass is 16.4. The quantitative estimate of drug-likeness (QED) is 0.869. The maximum atomic E-state index is 11.9. The molecule has 5 heteroatoms. The van der Waals surface area contributed by atoms with Gasteiger partial charge in [0.2, 0.25) is 0 Å². The Kier molecular flexibility index (Phi) is 2.82. The lowest BCUT2D eigenvalue weighted by Gasteiger charge is -2.19. The second kappa shape index (κ2) is 4.18. The van der Waals surface area contributed by atoms with Gasteiger partial charge in [0.15, 0.2) is 5.76 Å². The summed E-state index contributed by atoms with van der Waals surface area (Å²) in [6.07, 6.45) is 0. The van der Waals surface area contributed by atoms with E-state index in [1.165, 1.54) is 13.8 Å². The Balaban J connectivity index is 2.26. The molecule has 0 fully saturated rings. The molecule has 0 aliphatic heterocycles. The molecule has 0 aliphatic rings. The molecule has 0 saturated carbocycles. The summed E-state index contributed by atoms with van der Waals surface area (Å²) < 4.78 is 5.35. The fraction of sp³-hybridized carbons (Fsp3) is 0.231. The molecule has 1 aromatic carbocycles. The number of carboxylic acid groups (broad SMARTS) is 1. The first-order valence-electron chi connectivity index (χ1n) is 5.44.